The zero-order valence-corrected chi connectivity index (χ0v) is 15.9. The van der Waals surface area contributed by atoms with Crippen molar-refractivity contribution in [2.75, 3.05) is 11.9 Å². The molecular formula is C21H22F3N3O2. The van der Waals surface area contributed by atoms with E-state index >= 15 is 0 Å². The Balaban J connectivity index is 1.55. The van der Waals surface area contributed by atoms with Crippen molar-refractivity contribution >= 4 is 17.6 Å². The molecule has 0 saturated carbocycles. The van der Waals surface area contributed by atoms with E-state index in [1.807, 2.05) is 12.1 Å². The van der Waals surface area contributed by atoms with Crippen LogP contribution in [-0.4, -0.2) is 23.4 Å². The standard InChI is InChI=1S/C21H22F3N3O2/c1-14(16-4-2-5-17(12-16)21(22,23)24)25-20(29)26-18-9-7-15(8-10-18)13-27-11-3-6-19(27)28/h2,4-5,7-10,12,14H,3,6,11,13H2,1H3,(H2,25,26,29). The number of urea groups is 1. The van der Waals surface area contributed by atoms with Crippen molar-refractivity contribution in [3.8, 4) is 0 Å². The molecule has 2 N–H and O–H groups in total. The first kappa shape index (κ1) is 20.7. The van der Waals surface area contributed by atoms with Crippen LogP contribution < -0.4 is 10.6 Å². The lowest BCUT2D eigenvalue weighted by molar-refractivity contribution is -0.137. The highest BCUT2D eigenvalue weighted by atomic mass is 19.4. The topological polar surface area (TPSA) is 61.4 Å². The van der Waals surface area contributed by atoms with E-state index in [-0.39, 0.29) is 5.91 Å². The number of anilines is 1. The minimum atomic E-state index is -4.43. The Morgan fingerprint density at radius 2 is 1.90 bits per heavy atom. The van der Waals surface area contributed by atoms with Gasteiger partial charge < -0.3 is 15.5 Å². The normalized spacial score (nSPS) is 15.3. The molecule has 0 aliphatic carbocycles. The van der Waals surface area contributed by atoms with E-state index in [1.165, 1.54) is 12.1 Å². The Kier molecular flexibility index (Phi) is 6.10. The largest absolute Gasteiger partial charge is 0.416 e. The first-order valence-corrected chi connectivity index (χ1v) is 9.34. The summed E-state index contributed by atoms with van der Waals surface area (Å²) in [6.07, 6.45) is -2.97. The molecule has 2 aromatic carbocycles. The second kappa shape index (κ2) is 8.55. The maximum absolute atomic E-state index is 12.8. The SMILES string of the molecule is CC(NC(=O)Nc1ccc(CN2CCCC2=O)cc1)c1cccc(C(F)(F)F)c1. The van der Waals surface area contributed by atoms with Crippen LogP contribution in [0.4, 0.5) is 23.7 Å². The lowest BCUT2D eigenvalue weighted by atomic mass is 10.1. The summed E-state index contributed by atoms with van der Waals surface area (Å²) in [6.45, 7) is 2.91. The summed E-state index contributed by atoms with van der Waals surface area (Å²) in [5.41, 5.74) is 1.12. The minimum Gasteiger partial charge on any atom is -0.338 e. The molecule has 154 valence electrons. The number of nitrogens with zero attached hydrogens (tertiary/aromatic N) is 1. The van der Waals surface area contributed by atoms with Gasteiger partial charge in [-0.25, -0.2) is 4.79 Å². The van der Waals surface area contributed by atoms with Crippen LogP contribution in [0.5, 0.6) is 0 Å². The van der Waals surface area contributed by atoms with Crippen LogP contribution >= 0.6 is 0 Å². The van der Waals surface area contributed by atoms with E-state index in [9.17, 15) is 22.8 Å². The summed E-state index contributed by atoms with van der Waals surface area (Å²) in [7, 11) is 0. The van der Waals surface area contributed by atoms with Gasteiger partial charge in [-0.15, -0.1) is 0 Å². The number of carbonyl (C=O) groups excluding carboxylic acids is 2. The molecule has 3 amide bonds. The molecule has 2 aromatic rings. The number of halogens is 3. The molecule has 1 unspecified atom stereocenters. The van der Waals surface area contributed by atoms with Gasteiger partial charge in [0.05, 0.1) is 11.6 Å². The quantitative estimate of drug-likeness (QED) is 0.757. The molecule has 5 nitrogen and oxygen atoms in total. The molecule has 1 fully saturated rings. The molecule has 1 heterocycles. The summed E-state index contributed by atoms with van der Waals surface area (Å²) >= 11 is 0. The van der Waals surface area contributed by atoms with Crippen molar-refractivity contribution < 1.29 is 22.8 Å². The Bertz CT molecular complexity index is 881. The van der Waals surface area contributed by atoms with Crippen LogP contribution in [0, 0.1) is 0 Å². The smallest absolute Gasteiger partial charge is 0.338 e. The summed E-state index contributed by atoms with van der Waals surface area (Å²) < 4.78 is 38.5. The van der Waals surface area contributed by atoms with E-state index in [2.05, 4.69) is 10.6 Å². The van der Waals surface area contributed by atoms with Crippen LogP contribution in [0.2, 0.25) is 0 Å². The number of likely N-dealkylation sites (tertiary alicyclic amines) is 1. The van der Waals surface area contributed by atoms with Gasteiger partial charge in [0.25, 0.3) is 0 Å². The average Bonchev–Trinajstić information content (AvgIpc) is 3.07. The summed E-state index contributed by atoms with van der Waals surface area (Å²) in [5, 5.41) is 5.30. The lowest BCUT2D eigenvalue weighted by Crippen LogP contribution is -2.31. The molecular weight excluding hydrogens is 383 g/mol. The fourth-order valence-corrected chi connectivity index (χ4v) is 3.22. The first-order chi connectivity index (χ1) is 13.7. The third-order valence-electron chi connectivity index (χ3n) is 4.82. The van der Waals surface area contributed by atoms with E-state index in [0.29, 0.717) is 24.2 Å². The third kappa shape index (κ3) is 5.49. The first-order valence-electron chi connectivity index (χ1n) is 9.34. The van der Waals surface area contributed by atoms with Gasteiger partial charge in [-0.3, -0.25) is 4.79 Å². The summed E-state index contributed by atoms with van der Waals surface area (Å²) in [5.74, 6) is 0.148. The van der Waals surface area contributed by atoms with Gasteiger partial charge >= 0.3 is 12.2 Å². The highest BCUT2D eigenvalue weighted by Gasteiger charge is 2.30. The number of hydrogen-bond donors (Lipinski definition) is 2. The molecule has 1 atom stereocenters. The number of nitrogens with one attached hydrogen (secondary N) is 2. The number of rotatable bonds is 5. The maximum Gasteiger partial charge on any atom is 0.416 e. The fraction of sp³-hybridized carbons (Fsp3) is 0.333. The molecule has 0 aromatic heterocycles. The van der Waals surface area contributed by atoms with Crippen LogP contribution in [0.3, 0.4) is 0 Å². The van der Waals surface area contributed by atoms with E-state index in [1.54, 1.807) is 24.0 Å². The Labute approximate surface area is 166 Å². The number of amides is 3. The van der Waals surface area contributed by atoms with Crippen LogP contribution in [0.1, 0.15) is 42.5 Å². The zero-order chi connectivity index (χ0) is 21.0. The van der Waals surface area contributed by atoms with Gasteiger partial charge in [0, 0.05) is 25.2 Å². The van der Waals surface area contributed by atoms with E-state index in [0.717, 1.165) is 30.7 Å². The molecule has 3 rings (SSSR count). The highest BCUT2D eigenvalue weighted by molar-refractivity contribution is 5.89. The van der Waals surface area contributed by atoms with Crippen molar-refractivity contribution in [1.82, 2.24) is 10.2 Å². The van der Waals surface area contributed by atoms with Crippen LogP contribution in [0.25, 0.3) is 0 Å². The van der Waals surface area contributed by atoms with E-state index in [4.69, 9.17) is 0 Å². The number of benzene rings is 2. The number of alkyl halides is 3. The molecule has 8 heteroatoms. The highest BCUT2D eigenvalue weighted by Crippen LogP contribution is 2.30. The average molecular weight is 405 g/mol. The molecule has 0 radical (unpaired) electrons. The van der Waals surface area contributed by atoms with Crippen molar-refractivity contribution in [2.24, 2.45) is 0 Å². The van der Waals surface area contributed by atoms with Gasteiger partial charge in [0.15, 0.2) is 0 Å². The summed E-state index contributed by atoms with van der Waals surface area (Å²) in [4.78, 5) is 25.7. The van der Waals surface area contributed by atoms with Gasteiger partial charge in [0.1, 0.15) is 0 Å². The van der Waals surface area contributed by atoms with Crippen molar-refractivity contribution in [2.45, 2.75) is 38.5 Å². The van der Waals surface area contributed by atoms with E-state index < -0.39 is 23.8 Å². The van der Waals surface area contributed by atoms with Crippen LogP contribution in [0.15, 0.2) is 48.5 Å². The molecule has 0 spiro atoms. The third-order valence-corrected chi connectivity index (χ3v) is 4.82. The molecule has 1 aliphatic heterocycles. The molecule has 0 bridgehead atoms. The second-order valence-electron chi connectivity index (χ2n) is 7.06. The van der Waals surface area contributed by atoms with Gasteiger partial charge in [-0.05, 0) is 48.7 Å². The lowest BCUT2D eigenvalue weighted by Gasteiger charge is -2.17. The monoisotopic (exact) mass is 405 g/mol. The minimum absolute atomic E-state index is 0.148. The summed E-state index contributed by atoms with van der Waals surface area (Å²) in [6, 6.07) is 10.9. The molecule has 29 heavy (non-hydrogen) atoms. The van der Waals surface area contributed by atoms with Crippen LogP contribution in [-0.2, 0) is 17.5 Å². The predicted octanol–water partition coefficient (Wildman–Crippen LogP) is 4.71. The van der Waals surface area contributed by atoms with Crippen molar-refractivity contribution in [3.05, 3.63) is 65.2 Å². The number of hydrogen-bond acceptors (Lipinski definition) is 2. The molecule has 1 saturated heterocycles. The Morgan fingerprint density at radius 1 is 1.17 bits per heavy atom. The van der Waals surface area contributed by atoms with Crippen molar-refractivity contribution in [1.29, 1.82) is 0 Å². The molecule has 1 aliphatic rings. The van der Waals surface area contributed by atoms with Gasteiger partial charge in [0.2, 0.25) is 5.91 Å². The Hall–Kier alpha value is -3.03. The van der Waals surface area contributed by atoms with Crippen molar-refractivity contribution in [3.63, 3.8) is 0 Å². The second-order valence-corrected chi connectivity index (χ2v) is 7.06. The maximum atomic E-state index is 12.8. The Morgan fingerprint density at radius 3 is 2.52 bits per heavy atom. The predicted molar refractivity (Wildman–Crippen MR) is 103 cm³/mol. The fourth-order valence-electron chi connectivity index (χ4n) is 3.22. The van der Waals surface area contributed by atoms with Gasteiger partial charge in [-0.1, -0.05) is 24.3 Å². The number of carbonyl (C=O) groups is 2. The van der Waals surface area contributed by atoms with Gasteiger partial charge in [-0.2, -0.15) is 13.2 Å². The zero-order valence-electron chi connectivity index (χ0n) is 15.9.